The Kier molecular flexibility index (Phi) is 3.03. The first kappa shape index (κ1) is 7.35. The average molecular weight is 157 g/mol. The van der Waals surface area contributed by atoms with Crippen LogP contribution in [-0.4, -0.2) is 15.7 Å². The first-order valence-corrected chi connectivity index (χ1v) is 3.65. The second kappa shape index (κ2) is 4.12. The van der Waals surface area contributed by atoms with Crippen LogP contribution < -0.4 is 0 Å². The Bertz CT molecular complexity index is 191. The third kappa shape index (κ3) is 2.23. The van der Waals surface area contributed by atoms with E-state index in [9.17, 15) is 0 Å². The molecule has 0 fully saturated rings. The van der Waals surface area contributed by atoms with E-state index in [0.29, 0.717) is 5.88 Å². The molecule has 1 heterocycles. The molecule has 54 valence electrons. The number of hydrogen-bond donors (Lipinski definition) is 0. The highest BCUT2D eigenvalue weighted by atomic mass is 35.5. The summed E-state index contributed by atoms with van der Waals surface area (Å²) >= 11 is 5.43. The summed E-state index contributed by atoms with van der Waals surface area (Å²) in [5.41, 5.74) is 0. The van der Waals surface area contributed by atoms with Crippen LogP contribution in [0.15, 0.2) is 30.6 Å². The average Bonchev–Trinajstić information content (AvgIpc) is 2.41. The van der Waals surface area contributed by atoms with Crippen molar-refractivity contribution in [2.75, 3.05) is 5.88 Å². The van der Waals surface area contributed by atoms with Crippen LogP contribution in [0, 0.1) is 0 Å². The Morgan fingerprint density at radius 2 is 2.40 bits per heavy atom. The van der Waals surface area contributed by atoms with Crippen LogP contribution in [0.2, 0.25) is 0 Å². The Balaban J connectivity index is 2.34. The van der Waals surface area contributed by atoms with Gasteiger partial charge in [-0.15, -0.1) is 11.6 Å². The van der Waals surface area contributed by atoms with Crippen LogP contribution in [0.3, 0.4) is 0 Å². The fourth-order valence-corrected chi connectivity index (χ4v) is 0.780. The van der Waals surface area contributed by atoms with Crippen LogP contribution in [0.25, 0.3) is 0 Å². The van der Waals surface area contributed by atoms with Crippen molar-refractivity contribution in [1.29, 1.82) is 0 Å². The lowest BCUT2D eigenvalue weighted by Gasteiger charge is -1.91. The number of alkyl halides is 1. The van der Waals surface area contributed by atoms with Gasteiger partial charge in [0.15, 0.2) is 0 Å². The summed E-state index contributed by atoms with van der Waals surface area (Å²) in [6.45, 7) is 0.805. The van der Waals surface area contributed by atoms with Crippen molar-refractivity contribution in [3.05, 3.63) is 30.6 Å². The van der Waals surface area contributed by atoms with Gasteiger partial charge in [0.2, 0.25) is 0 Å². The lowest BCUT2D eigenvalue weighted by Crippen LogP contribution is -1.93. The highest BCUT2D eigenvalue weighted by molar-refractivity contribution is 6.18. The van der Waals surface area contributed by atoms with Gasteiger partial charge in [-0.2, -0.15) is 5.10 Å². The van der Waals surface area contributed by atoms with Crippen molar-refractivity contribution in [2.24, 2.45) is 0 Å². The minimum absolute atomic E-state index is 0.571. The van der Waals surface area contributed by atoms with Crippen LogP contribution in [-0.2, 0) is 6.54 Å². The van der Waals surface area contributed by atoms with Crippen molar-refractivity contribution in [3.63, 3.8) is 0 Å². The van der Waals surface area contributed by atoms with Crippen LogP contribution in [0.5, 0.6) is 0 Å². The molecule has 10 heavy (non-hydrogen) atoms. The summed E-state index contributed by atoms with van der Waals surface area (Å²) in [5.74, 6) is 0.571. The number of nitrogens with zero attached hydrogens (tertiary/aromatic N) is 2. The van der Waals surface area contributed by atoms with Gasteiger partial charge in [0.05, 0.1) is 6.54 Å². The molecule has 3 heteroatoms. The summed E-state index contributed by atoms with van der Waals surface area (Å²) in [4.78, 5) is 0. The predicted molar refractivity (Wildman–Crippen MR) is 42.1 cm³/mol. The number of allylic oxidation sites excluding steroid dienone is 2. The van der Waals surface area contributed by atoms with Gasteiger partial charge in [-0.25, -0.2) is 0 Å². The molecule has 0 saturated carbocycles. The molecular weight excluding hydrogens is 148 g/mol. The minimum atomic E-state index is 0.571. The molecule has 0 unspecified atom stereocenters. The van der Waals surface area contributed by atoms with E-state index in [0.717, 1.165) is 6.54 Å². The maximum atomic E-state index is 5.43. The van der Waals surface area contributed by atoms with Crippen molar-refractivity contribution >= 4 is 11.6 Å². The lowest BCUT2D eigenvalue weighted by atomic mass is 10.5. The Hall–Kier alpha value is -0.760. The second-order valence-electron chi connectivity index (χ2n) is 1.85. The smallest absolute Gasteiger partial charge is 0.0590 e. The van der Waals surface area contributed by atoms with E-state index in [1.807, 2.05) is 29.1 Å². The van der Waals surface area contributed by atoms with Crippen molar-refractivity contribution < 1.29 is 0 Å². The largest absolute Gasteiger partial charge is 0.269 e. The monoisotopic (exact) mass is 156 g/mol. The molecule has 0 spiro atoms. The molecule has 0 aliphatic carbocycles. The van der Waals surface area contributed by atoms with Gasteiger partial charge in [0.1, 0.15) is 0 Å². The minimum Gasteiger partial charge on any atom is -0.269 e. The zero-order valence-electron chi connectivity index (χ0n) is 5.57. The van der Waals surface area contributed by atoms with Gasteiger partial charge in [-0.05, 0) is 6.07 Å². The topological polar surface area (TPSA) is 17.8 Å². The van der Waals surface area contributed by atoms with E-state index >= 15 is 0 Å². The molecule has 0 saturated heterocycles. The molecule has 0 aliphatic rings. The first-order valence-electron chi connectivity index (χ1n) is 3.12. The zero-order valence-corrected chi connectivity index (χ0v) is 6.33. The molecule has 0 N–H and O–H groups in total. The van der Waals surface area contributed by atoms with Gasteiger partial charge in [-0.3, -0.25) is 4.68 Å². The van der Waals surface area contributed by atoms with E-state index in [1.54, 1.807) is 6.20 Å². The van der Waals surface area contributed by atoms with E-state index in [1.165, 1.54) is 0 Å². The first-order chi connectivity index (χ1) is 4.93. The summed E-state index contributed by atoms with van der Waals surface area (Å²) in [7, 11) is 0. The maximum absolute atomic E-state index is 5.43. The molecule has 1 rings (SSSR count). The van der Waals surface area contributed by atoms with Gasteiger partial charge >= 0.3 is 0 Å². The SMILES string of the molecule is ClC/C=C/Cn1cccn1. The van der Waals surface area contributed by atoms with Gasteiger partial charge in [0, 0.05) is 18.3 Å². The maximum Gasteiger partial charge on any atom is 0.0590 e. The molecule has 1 aromatic rings. The molecule has 1 aromatic heterocycles. The van der Waals surface area contributed by atoms with Crippen LogP contribution >= 0.6 is 11.6 Å². The summed E-state index contributed by atoms with van der Waals surface area (Å²) in [6.07, 6.45) is 7.57. The normalized spacial score (nSPS) is 10.9. The van der Waals surface area contributed by atoms with Gasteiger partial charge in [0.25, 0.3) is 0 Å². The fourth-order valence-electron chi connectivity index (χ4n) is 0.654. The van der Waals surface area contributed by atoms with Gasteiger partial charge < -0.3 is 0 Å². The molecule has 0 aromatic carbocycles. The zero-order chi connectivity index (χ0) is 7.23. The summed E-state index contributed by atoms with van der Waals surface area (Å²) in [5, 5.41) is 4.01. The molecule has 0 atom stereocenters. The number of hydrogen-bond acceptors (Lipinski definition) is 1. The molecule has 0 bridgehead atoms. The molecule has 2 nitrogen and oxygen atoms in total. The van der Waals surface area contributed by atoms with Crippen molar-refractivity contribution in [2.45, 2.75) is 6.54 Å². The van der Waals surface area contributed by atoms with Crippen molar-refractivity contribution in [1.82, 2.24) is 9.78 Å². The van der Waals surface area contributed by atoms with E-state index < -0.39 is 0 Å². The fraction of sp³-hybridized carbons (Fsp3) is 0.286. The predicted octanol–water partition coefficient (Wildman–Crippen LogP) is 1.68. The molecular formula is C7H9ClN2. The second-order valence-corrected chi connectivity index (χ2v) is 2.16. The highest BCUT2D eigenvalue weighted by Crippen LogP contribution is 1.86. The third-order valence-corrected chi connectivity index (χ3v) is 1.29. The van der Waals surface area contributed by atoms with Crippen LogP contribution in [0.4, 0.5) is 0 Å². The third-order valence-electron chi connectivity index (χ3n) is 1.11. The highest BCUT2D eigenvalue weighted by Gasteiger charge is 1.81. The number of rotatable bonds is 3. The Labute approximate surface area is 65.1 Å². The standard InChI is InChI=1S/C7H9ClN2/c8-4-1-2-6-10-7-3-5-9-10/h1-3,5,7H,4,6H2/b2-1+. The Morgan fingerprint density at radius 1 is 1.50 bits per heavy atom. The number of aromatic nitrogens is 2. The van der Waals surface area contributed by atoms with Crippen molar-refractivity contribution in [3.8, 4) is 0 Å². The Morgan fingerprint density at radius 3 is 3.00 bits per heavy atom. The lowest BCUT2D eigenvalue weighted by molar-refractivity contribution is 0.701. The molecule has 0 radical (unpaired) electrons. The van der Waals surface area contributed by atoms with Crippen LogP contribution in [0.1, 0.15) is 0 Å². The van der Waals surface area contributed by atoms with Gasteiger partial charge in [-0.1, -0.05) is 12.2 Å². The summed E-state index contributed by atoms with van der Waals surface area (Å²) < 4.78 is 1.84. The quantitative estimate of drug-likeness (QED) is 0.481. The van der Waals surface area contributed by atoms with E-state index in [2.05, 4.69) is 5.10 Å². The number of halogens is 1. The molecule has 0 aliphatic heterocycles. The van der Waals surface area contributed by atoms with E-state index in [4.69, 9.17) is 11.6 Å². The summed E-state index contributed by atoms with van der Waals surface area (Å²) in [6, 6.07) is 1.90. The molecule has 0 amide bonds. The van der Waals surface area contributed by atoms with E-state index in [-0.39, 0.29) is 0 Å².